The fraction of sp³-hybridized carbons (Fsp3) is 0. The Morgan fingerprint density at radius 1 is 0.750 bits per heavy atom. The van der Waals surface area contributed by atoms with Crippen molar-refractivity contribution in [2.75, 3.05) is 17.2 Å². The molecular weight excluding hydrogens is 218 g/mol. The van der Waals surface area contributed by atoms with Gasteiger partial charge < -0.3 is 17.2 Å². The predicted octanol–water partition coefficient (Wildman–Crippen LogP) is 2.80. The number of fused-ring (bicyclic) bond motifs is 3. The van der Waals surface area contributed by atoms with Crippen molar-refractivity contribution >= 4 is 48.6 Å². The molecule has 0 aliphatic carbocycles. The maximum absolute atomic E-state index is 5.82. The Labute approximate surface area is 96.5 Å². The second kappa shape index (κ2) is 3.02. The van der Waals surface area contributed by atoms with E-state index in [-0.39, 0.29) is 0 Å². The molecule has 0 unspecified atom stereocenters. The summed E-state index contributed by atoms with van der Waals surface area (Å²) in [7, 11) is 0. The van der Waals surface area contributed by atoms with E-state index in [1.165, 1.54) is 4.70 Å². The first-order valence-corrected chi connectivity index (χ1v) is 5.73. The van der Waals surface area contributed by atoms with Crippen molar-refractivity contribution in [1.82, 2.24) is 0 Å². The van der Waals surface area contributed by atoms with Gasteiger partial charge in [-0.05, 0) is 30.3 Å². The van der Waals surface area contributed by atoms with E-state index in [0.717, 1.165) is 21.2 Å². The van der Waals surface area contributed by atoms with E-state index in [4.69, 9.17) is 17.2 Å². The Kier molecular flexibility index (Phi) is 1.76. The van der Waals surface area contributed by atoms with Gasteiger partial charge in [0.25, 0.3) is 0 Å². The molecule has 0 saturated heterocycles. The fourth-order valence-corrected chi connectivity index (χ4v) is 2.99. The van der Waals surface area contributed by atoms with Crippen molar-refractivity contribution in [3.05, 3.63) is 30.3 Å². The maximum atomic E-state index is 5.82. The molecule has 16 heavy (non-hydrogen) atoms. The van der Waals surface area contributed by atoms with E-state index in [2.05, 4.69) is 0 Å². The molecule has 3 rings (SSSR count). The van der Waals surface area contributed by atoms with Crippen LogP contribution in [0, 0.1) is 0 Å². The summed E-state index contributed by atoms with van der Waals surface area (Å²) in [6.45, 7) is 0. The van der Waals surface area contributed by atoms with Crippen LogP contribution in [0.3, 0.4) is 0 Å². The third-order valence-corrected chi connectivity index (χ3v) is 3.83. The van der Waals surface area contributed by atoms with Gasteiger partial charge in [-0.2, -0.15) is 0 Å². The largest absolute Gasteiger partial charge is 0.399 e. The molecule has 0 amide bonds. The lowest BCUT2D eigenvalue weighted by Gasteiger charge is -1.99. The fourth-order valence-electron chi connectivity index (χ4n) is 1.87. The lowest BCUT2D eigenvalue weighted by atomic mass is 10.1. The average Bonchev–Trinajstić information content (AvgIpc) is 2.57. The van der Waals surface area contributed by atoms with Crippen LogP contribution in [0.15, 0.2) is 30.3 Å². The minimum absolute atomic E-state index is 0.620. The molecule has 4 heteroatoms. The summed E-state index contributed by atoms with van der Waals surface area (Å²) in [6.07, 6.45) is 0. The number of hydrogen-bond acceptors (Lipinski definition) is 4. The first-order chi connectivity index (χ1) is 7.65. The van der Waals surface area contributed by atoms with Gasteiger partial charge in [0.2, 0.25) is 0 Å². The molecule has 0 atom stereocenters. The molecular formula is C12H11N3S. The predicted molar refractivity (Wildman–Crippen MR) is 72.6 cm³/mol. The van der Waals surface area contributed by atoms with Crippen LogP contribution in [0.5, 0.6) is 0 Å². The monoisotopic (exact) mass is 229 g/mol. The minimum atomic E-state index is 0.620. The lowest BCUT2D eigenvalue weighted by Crippen LogP contribution is -1.92. The maximum Gasteiger partial charge on any atom is 0.0562 e. The zero-order valence-corrected chi connectivity index (χ0v) is 9.34. The number of thiophene rings is 1. The Morgan fingerprint density at radius 3 is 2.25 bits per heavy atom. The normalized spacial score (nSPS) is 11.2. The van der Waals surface area contributed by atoms with Crippen LogP contribution in [0.25, 0.3) is 20.2 Å². The number of rotatable bonds is 0. The highest BCUT2D eigenvalue weighted by Gasteiger charge is 2.07. The van der Waals surface area contributed by atoms with E-state index < -0.39 is 0 Å². The molecule has 2 aromatic carbocycles. The Morgan fingerprint density at radius 2 is 1.44 bits per heavy atom. The molecule has 0 aliphatic rings. The van der Waals surface area contributed by atoms with Gasteiger partial charge in [-0.15, -0.1) is 11.3 Å². The van der Waals surface area contributed by atoms with Crippen molar-refractivity contribution in [1.29, 1.82) is 0 Å². The molecule has 3 aromatic rings. The van der Waals surface area contributed by atoms with Gasteiger partial charge in [0.15, 0.2) is 0 Å². The molecule has 0 fully saturated rings. The second-order valence-corrected chi connectivity index (χ2v) is 4.92. The van der Waals surface area contributed by atoms with Crippen LogP contribution in [0.1, 0.15) is 0 Å². The summed E-state index contributed by atoms with van der Waals surface area (Å²) in [5, 5.41) is 2.27. The molecule has 1 heterocycles. The highest BCUT2D eigenvalue weighted by molar-refractivity contribution is 7.25. The van der Waals surface area contributed by atoms with Gasteiger partial charge in [-0.1, -0.05) is 0 Å². The van der Waals surface area contributed by atoms with Crippen molar-refractivity contribution in [2.24, 2.45) is 0 Å². The van der Waals surface area contributed by atoms with E-state index >= 15 is 0 Å². The van der Waals surface area contributed by atoms with E-state index in [1.54, 1.807) is 11.3 Å². The summed E-state index contributed by atoms with van der Waals surface area (Å²) < 4.78 is 2.35. The first-order valence-electron chi connectivity index (χ1n) is 4.92. The molecule has 0 aliphatic heterocycles. The number of anilines is 3. The average molecular weight is 229 g/mol. The molecule has 6 N–H and O–H groups in total. The SMILES string of the molecule is Nc1ccc2sc3cc(N)c(N)cc3c2c1. The standard InChI is InChI=1S/C12H11N3S/c13-6-1-2-11-7(3-6)8-4-9(14)10(15)5-12(8)16-11/h1-5H,13-15H2. The molecule has 1 aromatic heterocycles. The van der Waals surface area contributed by atoms with Crippen molar-refractivity contribution < 1.29 is 0 Å². The number of hydrogen-bond donors (Lipinski definition) is 3. The van der Waals surface area contributed by atoms with Crippen LogP contribution in [0.4, 0.5) is 17.1 Å². The topological polar surface area (TPSA) is 78.1 Å². The smallest absolute Gasteiger partial charge is 0.0562 e. The highest BCUT2D eigenvalue weighted by atomic mass is 32.1. The van der Waals surface area contributed by atoms with Gasteiger partial charge in [0.1, 0.15) is 0 Å². The quantitative estimate of drug-likeness (QED) is 0.519. The lowest BCUT2D eigenvalue weighted by molar-refractivity contribution is 1.75. The van der Waals surface area contributed by atoms with Crippen LogP contribution in [-0.2, 0) is 0 Å². The van der Waals surface area contributed by atoms with E-state index in [0.29, 0.717) is 11.4 Å². The van der Waals surface area contributed by atoms with Crippen LogP contribution in [-0.4, -0.2) is 0 Å². The van der Waals surface area contributed by atoms with Crippen molar-refractivity contribution in [3.63, 3.8) is 0 Å². The van der Waals surface area contributed by atoms with Gasteiger partial charge in [-0.25, -0.2) is 0 Å². The van der Waals surface area contributed by atoms with Gasteiger partial charge in [-0.3, -0.25) is 0 Å². The molecule has 0 saturated carbocycles. The summed E-state index contributed by atoms with van der Waals surface area (Å²) >= 11 is 1.70. The Bertz CT molecular complexity index is 700. The van der Waals surface area contributed by atoms with Crippen LogP contribution >= 0.6 is 11.3 Å². The summed E-state index contributed by atoms with van der Waals surface area (Å²) in [5.41, 5.74) is 19.4. The molecule has 0 radical (unpaired) electrons. The number of nitrogens with two attached hydrogens (primary N) is 3. The number of benzene rings is 2. The highest BCUT2D eigenvalue weighted by Crippen LogP contribution is 2.37. The van der Waals surface area contributed by atoms with Crippen LogP contribution in [0.2, 0.25) is 0 Å². The summed E-state index contributed by atoms with van der Waals surface area (Å²) in [5.74, 6) is 0. The number of nitrogen functional groups attached to an aromatic ring is 3. The minimum Gasteiger partial charge on any atom is -0.399 e. The van der Waals surface area contributed by atoms with Crippen LogP contribution < -0.4 is 17.2 Å². The van der Waals surface area contributed by atoms with Crippen molar-refractivity contribution in [3.8, 4) is 0 Å². The zero-order chi connectivity index (χ0) is 11.3. The van der Waals surface area contributed by atoms with Gasteiger partial charge >= 0.3 is 0 Å². The molecule has 3 nitrogen and oxygen atoms in total. The Balaban J connectivity index is 2.53. The molecule has 0 spiro atoms. The molecule has 80 valence electrons. The second-order valence-electron chi connectivity index (χ2n) is 3.83. The third kappa shape index (κ3) is 1.20. The molecule has 0 bridgehead atoms. The van der Waals surface area contributed by atoms with E-state index in [1.807, 2.05) is 30.3 Å². The van der Waals surface area contributed by atoms with Gasteiger partial charge in [0, 0.05) is 25.9 Å². The summed E-state index contributed by atoms with van der Waals surface area (Å²) in [4.78, 5) is 0. The zero-order valence-electron chi connectivity index (χ0n) is 8.53. The Hall–Kier alpha value is -1.94. The van der Waals surface area contributed by atoms with Crippen molar-refractivity contribution in [2.45, 2.75) is 0 Å². The van der Waals surface area contributed by atoms with Gasteiger partial charge in [0.05, 0.1) is 11.4 Å². The third-order valence-electron chi connectivity index (χ3n) is 2.70. The summed E-state index contributed by atoms with van der Waals surface area (Å²) in [6, 6.07) is 9.75. The first kappa shape index (κ1) is 9.30. The van der Waals surface area contributed by atoms with E-state index in [9.17, 15) is 0 Å².